The number of nitrogens with zero attached hydrogens (tertiary/aromatic N) is 1. The summed E-state index contributed by atoms with van der Waals surface area (Å²) in [5, 5.41) is 1.51. The van der Waals surface area contributed by atoms with Gasteiger partial charge in [0, 0.05) is 34.8 Å². The molecule has 2 rings (SSSR count). The summed E-state index contributed by atoms with van der Waals surface area (Å²) >= 11 is 13.8. The molecule has 2 N–H and O–H groups in total. The van der Waals surface area contributed by atoms with E-state index in [4.69, 9.17) is 28.9 Å². The number of nitrogens with two attached hydrogens (primary N) is 1. The van der Waals surface area contributed by atoms with Crippen LogP contribution >= 0.6 is 35.0 Å². The molecular formula is C12H16Cl2N2S. The van der Waals surface area contributed by atoms with Crippen LogP contribution < -0.4 is 5.73 Å². The summed E-state index contributed by atoms with van der Waals surface area (Å²) in [7, 11) is 0. The lowest BCUT2D eigenvalue weighted by Gasteiger charge is -2.14. The Morgan fingerprint density at radius 3 is 2.94 bits per heavy atom. The zero-order valence-electron chi connectivity index (χ0n) is 9.53. The van der Waals surface area contributed by atoms with Crippen LogP contribution in [-0.2, 0) is 0 Å². The Morgan fingerprint density at radius 1 is 1.41 bits per heavy atom. The first kappa shape index (κ1) is 13.5. The number of hydrogen-bond donors (Lipinski definition) is 1. The summed E-state index contributed by atoms with van der Waals surface area (Å²) < 4.78 is 0. The van der Waals surface area contributed by atoms with E-state index < -0.39 is 0 Å². The van der Waals surface area contributed by atoms with Gasteiger partial charge in [0.25, 0.3) is 0 Å². The van der Waals surface area contributed by atoms with E-state index in [0.717, 1.165) is 46.7 Å². The van der Waals surface area contributed by atoms with Gasteiger partial charge in [-0.3, -0.25) is 0 Å². The predicted octanol–water partition coefficient (Wildman–Crippen LogP) is 3.12. The van der Waals surface area contributed by atoms with Crippen LogP contribution in [0.5, 0.6) is 0 Å². The van der Waals surface area contributed by atoms with Crippen molar-refractivity contribution >= 4 is 35.0 Å². The monoisotopic (exact) mass is 290 g/mol. The average Bonchev–Trinajstić information content (AvgIpc) is 2.69. The first-order valence-corrected chi connectivity index (χ1v) is 7.45. The third-order valence-electron chi connectivity index (χ3n) is 2.87. The molecule has 2 nitrogen and oxygen atoms in total. The van der Waals surface area contributed by atoms with Gasteiger partial charge in [-0.25, -0.2) is 0 Å². The molecule has 0 spiro atoms. The highest BCUT2D eigenvalue weighted by atomic mass is 35.5. The van der Waals surface area contributed by atoms with Gasteiger partial charge in [0.05, 0.1) is 5.02 Å². The molecule has 0 aliphatic carbocycles. The van der Waals surface area contributed by atoms with Crippen LogP contribution in [0.4, 0.5) is 0 Å². The Labute approximate surface area is 116 Å². The van der Waals surface area contributed by atoms with E-state index in [2.05, 4.69) is 4.90 Å². The Hall–Kier alpha value is 0.0700. The molecule has 5 heteroatoms. The van der Waals surface area contributed by atoms with Crippen molar-refractivity contribution in [2.45, 2.75) is 17.4 Å². The largest absolute Gasteiger partial charge is 0.326 e. The van der Waals surface area contributed by atoms with Crippen molar-refractivity contribution in [2.24, 2.45) is 5.73 Å². The molecule has 1 heterocycles. The molecule has 0 aromatic heterocycles. The molecule has 1 aromatic carbocycles. The van der Waals surface area contributed by atoms with Gasteiger partial charge < -0.3 is 10.6 Å². The maximum Gasteiger partial charge on any atom is 0.0542 e. The second-order valence-electron chi connectivity index (χ2n) is 4.27. The zero-order chi connectivity index (χ0) is 12.3. The quantitative estimate of drug-likeness (QED) is 0.864. The molecule has 1 aliphatic heterocycles. The predicted molar refractivity (Wildman–Crippen MR) is 76.2 cm³/mol. The van der Waals surface area contributed by atoms with Crippen molar-refractivity contribution in [3.05, 3.63) is 28.2 Å². The second kappa shape index (κ2) is 6.30. The number of rotatable bonds is 4. The first-order chi connectivity index (χ1) is 8.15. The molecule has 0 saturated carbocycles. The fraction of sp³-hybridized carbons (Fsp3) is 0.500. The smallest absolute Gasteiger partial charge is 0.0542 e. The highest BCUT2D eigenvalue weighted by molar-refractivity contribution is 7.99. The van der Waals surface area contributed by atoms with Crippen LogP contribution in [0.2, 0.25) is 10.0 Å². The summed E-state index contributed by atoms with van der Waals surface area (Å²) in [5.74, 6) is 1.02. The maximum atomic E-state index is 6.10. The van der Waals surface area contributed by atoms with Crippen LogP contribution in [0.15, 0.2) is 23.1 Å². The van der Waals surface area contributed by atoms with Crippen LogP contribution in [0, 0.1) is 0 Å². The normalized spacial score (nSPS) is 21.0. The van der Waals surface area contributed by atoms with Crippen LogP contribution in [0.3, 0.4) is 0 Å². The fourth-order valence-corrected chi connectivity index (χ4v) is 3.44. The average molecular weight is 291 g/mol. The first-order valence-electron chi connectivity index (χ1n) is 5.71. The van der Waals surface area contributed by atoms with Gasteiger partial charge in [0.2, 0.25) is 0 Å². The van der Waals surface area contributed by atoms with Crippen molar-refractivity contribution in [3.63, 3.8) is 0 Å². The highest BCUT2D eigenvalue weighted by Gasteiger charge is 2.18. The molecule has 0 radical (unpaired) electrons. The number of likely N-dealkylation sites (tertiary alicyclic amines) is 1. The van der Waals surface area contributed by atoms with Gasteiger partial charge in [0.15, 0.2) is 0 Å². The lowest BCUT2D eigenvalue weighted by atomic mass is 10.3. The minimum Gasteiger partial charge on any atom is -0.326 e. The summed E-state index contributed by atoms with van der Waals surface area (Å²) in [6.07, 6.45) is 1.11. The van der Waals surface area contributed by atoms with Crippen molar-refractivity contribution in [2.75, 3.05) is 25.4 Å². The number of hydrogen-bond acceptors (Lipinski definition) is 3. The summed E-state index contributed by atoms with van der Waals surface area (Å²) in [6.45, 7) is 3.19. The van der Waals surface area contributed by atoms with E-state index in [0.29, 0.717) is 6.04 Å². The van der Waals surface area contributed by atoms with E-state index in [1.54, 1.807) is 11.8 Å². The molecule has 0 amide bonds. The SMILES string of the molecule is NC1CCN(CCSc2cc(Cl)ccc2Cl)C1. The maximum absolute atomic E-state index is 6.10. The van der Waals surface area contributed by atoms with Gasteiger partial charge >= 0.3 is 0 Å². The van der Waals surface area contributed by atoms with Gasteiger partial charge in [0.1, 0.15) is 0 Å². The Bertz CT molecular complexity index is 387. The van der Waals surface area contributed by atoms with Gasteiger partial charge in [-0.2, -0.15) is 0 Å². The summed E-state index contributed by atoms with van der Waals surface area (Å²) in [5.41, 5.74) is 5.86. The molecule has 0 bridgehead atoms. The Morgan fingerprint density at radius 2 is 2.24 bits per heavy atom. The molecule has 94 valence electrons. The Balaban J connectivity index is 1.80. The van der Waals surface area contributed by atoms with Gasteiger partial charge in [-0.05, 0) is 31.2 Å². The minimum absolute atomic E-state index is 0.356. The van der Waals surface area contributed by atoms with Crippen molar-refractivity contribution in [1.29, 1.82) is 0 Å². The topological polar surface area (TPSA) is 29.3 Å². The molecule has 17 heavy (non-hydrogen) atoms. The standard InChI is InChI=1S/C12H16Cl2N2S/c13-9-1-2-11(14)12(7-9)17-6-5-16-4-3-10(15)8-16/h1-2,7,10H,3-6,8,15H2. The van der Waals surface area contributed by atoms with Crippen molar-refractivity contribution in [1.82, 2.24) is 4.90 Å². The molecule has 1 saturated heterocycles. The molecule has 1 unspecified atom stereocenters. The molecule has 1 atom stereocenters. The number of thioether (sulfide) groups is 1. The van der Waals surface area contributed by atoms with E-state index in [9.17, 15) is 0 Å². The van der Waals surface area contributed by atoms with Crippen LogP contribution in [0.25, 0.3) is 0 Å². The van der Waals surface area contributed by atoms with Gasteiger partial charge in [-0.15, -0.1) is 11.8 Å². The van der Waals surface area contributed by atoms with E-state index >= 15 is 0 Å². The van der Waals surface area contributed by atoms with Gasteiger partial charge in [-0.1, -0.05) is 23.2 Å². The third-order valence-corrected chi connectivity index (χ3v) is 4.58. The minimum atomic E-state index is 0.356. The van der Waals surface area contributed by atoms with E-state index in [1.165, 1.54) is 0 Å². The van der Waals surface area contributed by atoms with Crippen LogP contribution in [-0.4, -0.2) is 36.3 Å². The Kier molecular flexibility index (Phi) is 5.00. The van der Waals surface area contributed by atoms with Crippen molar-refractivity contribution < 1.29 is 0 Å². The highest BCUT2D eigenvalue weighted by Crippen LogP contribution is 2.29. The lowest BCUT2D eigenvalue weighted by Crippen LogP contribution is -2.28. The number of halogens is 2. The third kappa shape index (κ3) is 4.04. The molecule has 1 fully saturated rings. The summed E-state index contributed by atoms with van der Waals surface area (Å²) in [6, 6.07) is 5.94. The molecule has 1 aliphatic rings. The molecular weight excluding hydrogens is 275 g/mol. The van der Waals surface area contributed by atoms with Crippen molar-refractivity contribution in [3.8, 4) is 0 Å². The zero-order valence-corrected chi connectivity index (χ0v) is 11.9. The summed E-state index contributed by atoms with van der Waals surface area (Å²) in [4.78, 5) is 3.46. The fourth-order valence-electron chi connectivity index (χ4n) is 1.94. The lowest BCUT2D eigenvalue weighted by molar-refractivity contribution is 0.357. The molecule has 1 aromatic rings. The van der Waals surface area contributed by atoms with E-state index in [-0.39, 0.29) is 0 Å². The van der Waals surface area contributed by atoms with E-state index in [1.807, 2.05) is 18.2 Å². The number of benzene rings is 1. The second-order valence-corrected chi connectivity index (χ2v) is 6.25. The van der Waals surface area contributed by atoms with Crippen LogP contribution in [0.1, 0.15) is 6.42 Å².